The number of rotatable bonds is 1. The minimum Gasteiger partial charge on any atom is -0.480 e. The van der Waals surface area contributed by atoms with Crippen LogP contribution in [0.15, 0.2) is 24.3 Å². The van der Waals surface area contributed by atoms with Gasteiger partial charge >= 0.3 is 12.0 Å². The van der Waals surface area contributed by atoms with Gasteiger partial charge in [0.25, 0.3) is 0 Å². The highest BCUT2D eigenvalue weighted by Gasteiger charge is 2.40. The van der Waals surface area contributed by atoms with Crippen LogP contribution in [0.3, 0.4) is 0 Å². The molecule has 0 radical (unpaired) electrons. The Morgan fingerprint density at radius 1 is 1.10 bits per heavy atom. The topological polar surface area (TPSA) is 60.9 Å². The first-order valence-corrected chi connectivity index (χ1v) is 7.07. The zero-order valence-electron chi connectivity index (χ0n) is 11.3. The molecular weight excluding hydrogens is 256 g/mol. The van der Waals surface area contributed by atoms with Crippen LogP contribution in [0.1, 0.15) is 24.8 Å². The van der Waals surface area contributed by atoms with E-state index in [9.17, 15) is 14.7 Å². The van der Waals surface area contributed by atoms with Crippen molar-refractivity contribution < 1.29 is 14.7 Å². The number of urea groups is 1. The van der Waals surface area contributed by atoms with E-state index < -0.39 is 12.0 Å². The Balaban J connectivity index is 1.91. The lowest BCUT2D eigenvalue weighted by Gasteiger charge is -2.33. The van der Waals surface area contributed by atoms with Gasteiger partial charge in [-0.3, -0.25) is 4.90 Å². The first kappa shape index (κ1) is 13.0. The second-order valence-corrected chi connectivity index (χ2v) is 5.39. The monoisotopic (exact) mass is 274 g/mol. The third-order valence-corrected chi connectivity index (χ3v) is 4.09. The fourth-order valence-electron chi connectivity index (χ4n) is 3.06. The number of likely N-dealkylation sites (tertiary alicyclic amines) is 1. The number of fused-ring (bicyclic) bond motifs is 1. The molecular formula is C15H18N2O3. The van der Waals surface area contributed by atoms with Crippen molar-refractivity contribution in [1.82, 2.24) is 4.90 Å². The van der Waals surface area contributed by atoms with Crippen LogP contribution in [0.25, 0.3) is 0 Å². The minimum atomic E-state index is -0.938. The van der Waals surface area contributed by atoms with Gasteiger partial charge in [0.2, 0.25) is 0 Å². The number of carboxylic acid groups (broad SMARTS) is 1. The Labute approximate surface area is 117 Å². The Bertz CT molecular complexity index is 538. The summed E-state index contributed by atoms with van der Waals surface area (Å²) in [6, 6.07) is 6.52. The predicted molar refractivity (Wildman–Crippen MR) is 74.9 cm³/mol. The fraction of sp³-hybridized carbons (Fsp3) is 0.467. The smallest absolute Gasteiger partial charge is 0.327 e. The summed E-state index contributed by atoms with van der Waals surface area (Å²) < 4.78 is 0. The lowest BCUT2D eigenvalue weighted by molar-refractivity contribution is -0.138. The molecule has 2 aliphatic heterocycles. The van der Waals surface area contributed by atoms with E-state index in [1.165, 1.54) is 4.90 Å². The first-order valence-electron chi connectivity index (χ1n) is 7.07. The molecule has 2 amide bonds. The number of anilines is 1. The number of para-hydroxylation sites is 1. The number of hydrogen-bond acceptors (Lipinski definition) is 2. The van der Waals surface area contributed by atoms with E-state index >= 15 is 0 Å². The van der Waals surface area contributed by atoms with Gasteiger partial charge in [-0.2, -0.15) is 0 Å². The molecule has 0 bridgehead atoms. The van der Waals surface area contributed by atoms with Crippen LogP contribution >= 0.6 is 0 Å². The zero-order chi connectivity index (χ0) is 14.1. The summed E-state index contributed by atoms with van der Waals surface area (Å²) in [5.74, 6) is -0.938. The van der Waals surface area contributed by atoms with Crippen molar-refractivity contribution in [3.05, 3.63) is 29.8 Å². The van der Waals surface area contributed by atoms with Crippen molar-refractivity contribution in [2.24, 2.45) is 0 Å². The number of aliphatic carboxylic acids is 1. The number of carboxylic acids is 1. The number of carbonyl (C=O) groups excluding carboxylic acids is 1. The summed E-state index contributed by atoms with van der Waals surface area (Å²) in [7, 11) is 0. The molecule has 0 saturated carbocycles. The molecule has 0 aromatic heterocycles. The third kappa shape index (κ3) is 2.13. The van der Waals surface area contributed by atoms with Crippen LogP contribution < -0.4 is 4.90 Å². The van der Waals surface area contributed by atoms with Crippen LogP contribution in [-0.2, 0) is 11.2 Å². The number of nitrogens with zero attached hydrogens (tertiary/aromatic N) is 2. The Morgan fingerprint density at radius 3 is 2.50 bits per heavy atom. The summed E-state index contributed by atoms with van der Waals surface area (Å²) in [4.78, 5) is 27.4. The summed E-state index contributed by atoms with van der Waals surface area (Å²) in [5, 5.41) is 9.39. The lowest BCUT2D eigenvalue weighted by Crippen LogP contribution is -2.51. The van der Waals surface area contributed by atoms with Crippen molar-refractivity contribution in [3.8, 4) is 0 Å². The van der Waals surface area contributed by atoms with Gasteiger partial charge in [0.05, 0.1) is 0 Å². The van der Waals surface area contributed by atoms with Gasteiger partial charge in [0.1, 0.15) is 6.04 Å². The summed E-state index contributed by atoms with van der Waals surface area (Å²) in [6.07, 6.45) is 3.53. The van der Waals surface area contributed by atoms with Gasteiger partial charge in [-0.1, -0.05) is 18.2 Å². The zero-order valence-corrected chi connectivity index (χ0v) is 11.3. The number of amides is 2. The second-order valence-electron chi connectivity index (χ2n) is 5.39. The molecule has 0 aliphatic carbocycles. The SMILES string of the molecule is O=C(O)[C@@H]1Cc2ccccc2N1C(=O)N1CCCCC1. The number of benzene rings is 1. The van der Waals surface area contributed by atoms with Crippen molar-refractivity contribution >= 4 is 17.7 Å². The van der Waals surface area contributed by atoms with E-state index in [-0.39, 0.29) is 6.03 Å². The molecule has 0 unspecified atom stereocenters. The number of carbonyl (C=O) groups is 2. The van der Waals surface area contributed by atoms with Gasteiger partial charge in [-0.15, -0.1) is 0 Å². The largest absolute Gasteiger partial charge is 0.480 e. The summed E-state index contributed by atoms with van der Waals surface area (Å²) in [6.45, 7) is 1.45. The van der Waals surface area contributed by atoms with Crippen LogP contribution in [0, 0.1) is 0 Å². The molecule has 5 heteroatoms. The van der Waals surface area contributed by atoms with Crippen LogP contribution in [-0.4, -0.2) is 41.1 Å². The number of piperidine rings is 1. The van der Waals surface area contributed by atoms with Crippen molar-refractivity contribution in [2.45, 2.75) is 31.7 Å². The van der Waals surface area contributed by atoms with E-state index in [0.717, 1.165) is 43.6 Å². The first-order chi connectivity index (χ1) is 9.68. The van der Waals surface area contributed by atoms with Gasteiger partial charge in [0, 0.05) is 25.2 Å². The molecule has 1 N–H and O–H groups in total. The van der Waals surface area contributed by atoms with Gasteiger partial charge in [0.15, 0.2) is 0 Å². The summed E-state index contributed by atoms with van der Waals surface area (Å²) >= 11 is 0. The Kier molecular flexibility index (Phi) is 3.34. The maximum Gasteiger partial charge on any atom is 0.327 e. The van der Waals surface area contributed by atoms with Gasteiger partial charge in [-0.05, 0) is 30.9 Å². The second kappa shape index (κ2) is 5.15. The maximum absolute atomic E-state index is 12.7. The highest BCUT2D eigenvalue weighted by molar-refractivity contribution is 6.01. The molecule has 1 fully saturated rings. The normalized spacial score (nSPS) is 21.7. The van der Waals surface area contributed by atoms with E-state index in [2.05, 4.69) is 0 Å². The minimum absolute atomic E-state index is 0.165. The predicted octanol–water partition coefficient (Wildman–Crippen LogP) is 2.11. The quantitative estimate of drug-likeness (QED) is 0.853. The molecule has 5 nitrogen and oxygen atoms in total. The average Bonchev–Trinajstić information content (AvgIpc) is 2.87. The van der Waals surface area contributed by atoms with E-state index in [4.69, 9.17) is 0 Å². The highest BCUT2D eigenvalue weighted by Crippen LogP contribution is 2.33. The van der Waals surface area contributed by atoms with Crippen LogP contribution in [0.4, 0.5) is 10.5 Å². The molecule has 0 spiro atoms. The van der Waals surface area contributed by atoms with Crippen LogP contribution in [0.2, 0.25) is 0 Å². The van der Waals surface area contributed by atoms with Crippen molar-refractivity contribution in [2.75, 3.05) is 18.0 Å². The Hall–Kier alpha value is -2.04. The molecule has 2 heterocycles. The molecule has 1 atom stereocenters. The molecule has 2 aliphatic rings. The third-order valence-electron chi connectivity index (χ3n) is 4.09. The van der Waals surface area contributed by atoms with Gasteiger partial charge < -0.3 is 10.0 Å². The average molecular weight is 274 g/mol. The molecule has 1 aromatic rings. The Morgan fingerprint density at radius 2 is 1.80 bits per heavy atom. The van der Waals surface area contributed by atoms with E-state index in [1.54, 1.807) is 4.90 Å². The standard InChI is InChI=1S/C15H18N2O3/c18-14(19)13-10-11-6-2-3-7-12(11)17(13)15(20)16-8-4-1-5-9-16/h2-3,6-7,13H,1,4-5,8-10H2,(H,18,19)/t13-/m0/s1. The molecule has 3 rings (SSSR count). The van der Waals surface area contributed by atoms with E-state index in [1.807, 2.05) is 24.3 Å². The van der Waals surface area contributed by atoms with Crippen molar-refractivity contribution in [3.63, 3.8) is 0 Å². The van der Waals surface area contributed by atoms with Crippen LogP contribution in [0.5, 0.6) is 0 Å². The maximum atomic E-state index is 12.7. The molecule has 1 saturated heterocycles. The fourth-order valence-corrected chi connectivity index (χ4v) is 3.06. The van der Waals surface area contributed by atoms with Crippen molar-refractivity contribution in [1.29, 1.82) is 0 Å². The molecule has 1 aromatic carbocycles. The highest BCUT2D eigenvalue weighted by atomic mass is 16.4. The molecule has 106 valence electrons. The summed E-state index contributed by atoms with van der Waals surface area (Å²) in [5.41, 5.74) is 1.68. The van der Waals surface area contributed by atoms with E-state index in [0.29, 0.717) is 6.42 Å². The molecule has 20 heavy (non-hydrogen) atoms. The van der Waals surface area contributed by atoms with Gasteiger partial charge in [-0.25, -0.2) is 9.59 Å². The number of hydrogen-bond donors (Lipinski definition) is 1. The lowest BCUT2D eigenvalue weighted by atomic mass is 10.1.